The molecule has 0 fully saturated rings. The molecule has 0 saturated carbocycles. The van der Waals surface area contributed by atoms with Crippen molar-refractivity contribution in [2.24, 2.45) is 4.52 Å². The first-order valence-electron chi connectivity index (χ1n) is 11.7. The highest BCUT2D eigenvalue weighted by Gasteiger charge is 2.31. The van der Waals surface area contributed by atoms with E-state index < -0.39 is 13.2 Å². The third kappa shape index (κ3) is 5.02. The average Bonchev–Trinajstić information content (AvgIpc) is 2.95. The molecule has 0 radical (unpaired) electrons. The normalized spacial score (nSPS) is 11.7. The Labute approximate surface area is 213 Å². The highest BCUT2D eigenvalue weighted by Crippen LogP contribution is 2.61. The predicted molar refractivity (Wildman–Crippen MR) is 158 cm³/mol. The minimum atomic E-state index is -2.51. The molecule has 0 spiro atoms. The summed E-state index contributed by atoms with van der Waals surface area (Å²) in [5.41, 5.74) is 1.28. The van der Waals surface area contributed by atoms with Crippen molar-refractivity contribution < 1.29 is 0 Å². The molecule has 0 saturated heterocycles. The zero-order valence-electron chi connectivity index (χ0n) is 19.4. The van der Waals surface area contributed by atoms with Gasteiger partial charge < -0.3 is 0 Å². The van der Waals surface area contributed by atoms with Crippen LogP contribution in [0.5, 0.6) is 0 Å². The van der Waals surface area contributed by atoms with E-state index in [1.165, 1.54) is 16.2 Å². The Hall–Kier alpha value is -3.02. The summed E-state index contributed by atoms with van der Waals surface area (Å²) in [5.74, 6) is 0. The zero-order chi connectivity index (χ0) is 24.0. The SMILES string of the molecule is S=P(N=P(Cc1ccccc1)(c1ccccc1)c1ccccc1)(c1ccccc1)c1ccccc1. The lowest BCUT2D eigenvalue weighted by Gasteiger charge is -2.31. The fourth-order valence-corrected chi connectivity index (χ4v) is 14.1. The van der Waals surface area contributed by atoms with E-state index in [4.69, 9.17) is 16.3 Å². The molecule has 35 heavy (non-hydrogen) atoms. The lowest BCUT2D eigenvalue weighted by molar-refractivity contribution is 1.39. The van der Waals surface area contributed by atoms with Crippen molar-refractivity contribution in [3.05, 3.63) is 157 Å². The summed E-state index contributed by atoms with van der Waals surface area (Å²) in [7, 11) is -2.31. The number of hydrogen-bond donors (Lipinski definition) is 0. The Kier molecular flexibility index (Phi) is 7.26. The summed E-state index contributed by atoms with van der Waals surface area (Å²) in [6.07, 6.45) is -1.67. The molecule has 0 unspecified atom stereocenters. The van der Waals surface area contributed by atoms with Gasteiger partial charge in [-0.25, -0.2) is 0 Å². The summed E-state index contributed by atoms with van der Waals surface area (Å²) >= 11 is 6.67. The zero-order valence-corrected chi connectivity index (χ0v) is 22.0. The predicted octanol–water partition coefficient (Wildman–Crippen LogP) is 7.08. The second-order valence-corrected chi connectivity index (χ2v) is 15.8. The van der Waals surface area contributed by atoms with Gasteiger partial charge in [-0.1, -0.05) is 163 Å². The van der Waals surface area contributed by atoms with Crippen LogP contribution in [0.3, 0.4) is 0 Å². The summed E-state index contributed by atoms with van der Waals surface area (Å²) in [5, 5.41) is 4.78. The highest BCUT2D eigenvalue weighted by molar-refractivity contribution is 8.22. The standard InChI is InChI=1S/C31H27NP2S/c35-34(30-22-12-4-13-23-30,31-24-14-5-15-25-31)32-33(28-18-8-2-9-19-28,29-20-10-3-11-21-29)26-27-16-6-1-7-17-27/h1-25H,26H2. The number of rotatable bonds is 7. The quantitative estimate of drug-likeness (QED) is 0.214. The molecular formula is C31H27NP2S. The minimum absolute atomic E-state index is 0.833. The van der Waals surface area contributed by atoms with Gasteiger partial charge in [-0.2, -0.15) is 0 Å². The molecule has 0 aliphatic rings. The maximum absolute atomic E-state index is 6.67. The van der Waals surface area contributed by atoms with E-state index in [1.54, 1.807) is 0 Å². The molecule has 0 N–H and O–H groups in total. The maximum atomic E-state index is 6.67. The van der Waals surface area contributed by atoms with Crippen molar-refractivity contribution in [3.63, 3.8) is 0 Å². The summed E-state index contributed by atoms with van der Waals surface area (Å²) in [6.45, 7) is 0. The van der Waals surface area contributed by atoms with Gasteiger partial charge in [-0.3, -0.25) is 4.52 Å². The molecular weight excluding hydrogens is 480 g/mol. The molecule has 0 amide bonds. The van der Waals surface area contributed by atoms with Crippen LogP contribution < -0.4 is 21.2 Å². The summed E-state index contributed by atoms with van der Waals surface area (Å²) in [6, 6.07) is 53.4. The van der Waals surface area contributed by atoms with E-state index in [1.807, 2.05) is 0 Å². The van der Waals surface area contributed by atoms with Gasteiger partial charge in [0, 0.05) is 23.8 Å². The molecule has 0 bridgehead atoms. The summed E-state index contributed by atoms with van der Waals surface area (Å²) in [4.78, 5) is 0. The largest absolute Gasteiger partial charge is 0.252 e. The Morgan fingerprint density at radius 2 is 0.743 bits per heavy atom. The van der Waals surface area contributed by atoms with Crippen molar-refractivity contribution in [2.45, 2.75) is 6.16 Å². The second-order valence-electron chi connectivity index (χ2n) is 8.42. The van der Waals surface area contributed by atoms with Gasteiger partial charge >= 0.3 is 0 Å². The molecule has 5 rings (SSSR count). The van der Waals surface area contributed by atoms with Crippen LogP contribution in [-0.4, -0.2) is 0 Å². The Balaban J connectivity index is 1.90. The maximum Gasteiger partial charge on any atom is 0.111 e. The van der Waals surface area contributed by atoms with Crippen LogP contribution in [0.4, 0.5) is 0 Å². The molecule has 4 heteroatoms. The average molecular weight is 508 g/mol. The third-order valence-corrected chi connectivity index (χ3v) is 15.4. The molecule has 5 aromatic rings. The van der Waals surface area contributed by atoms with Gasteiger partial charge in [0.25, 0.3) is 0 Å². The fraction of sp³-hybridized carbons (Fsp3) is 0.0323. The topological polar surface area (TPSA) is 12.4 Å². The van der Waals surface area contributed by atoms with Gasteiger partial charge in [0.2, 0.25) is 0 Å². The van der Waals surface area contributed by atoms with E-state index in [0.29, 0.717) is 0 Å². The van der Waals surface area contributed by atoms with Gasteiger partial charge in [-0.15, -0.1) is 0 Å². The second kappa shape index (κ2) is 10.7. The highest BCUT2D eigenvalue weighted by atomic mass is 32.4. The number of hydrogen-bond acceptors (Lipinski definition) is 1. The molecule has 0 atom stereocenters. The van der Waals surface area contributed by atoms with E-state index in [9.17, 15) is 0 Å². The molecule has 0 heterocycles. The van der Waals surface area contributed by atoms with Crippen LogP contribution in [-0.2, 0) is 18.0 Å². The van der Waals surface area contributed by atoms with Crippen molar-refractivity contribution in [1.29, 1.82) is 0 Å². The van der Waals surface area contributed by atoms with Crippen LogP contribution in [0.2, 0.25) is 0 Å². The first kappa shape index (κ1) is 23.7. The van der Waals surface area contributed by atoms with Crippen LogP contribution >= 0.6 is 13.2 Å². The van der Waals surface area contributed by atoms with Gasteiger partial charge in [0.1, 0.15) is 6.19 Å². The van der Waals surface area contributed by atoms with Crippen molar-refractivity contribution in [1.82, 2.24) is 0 Å². The van der Waals surface area contributed by atoms with Crippen LogP contribution in [0.25, 0.3) is 0 Å². The van der Waals surface area contributed by atoms with E-state index in [2.05, 4.69) is 152 Å². The fourth-order valence-electron chi connectivity index (χ4n) is 4.39. The van der Waals surface area contributed by atoms with Crippen LogP contribution in [0.1, 0.15) is 5.56 Å². The van der Waals surface area contributed by atoms with Gasteiger partial charge in [0.05, 0.1) is 0 Å². The lowest BCUT2D eigenvalue weighted by atomic mass is 10.2. The van der Waals surface area contributed by atoms with E-state index in [0.717, 1.165) is 16.8 Å². The van der Waals surface area contributed by atoms with Crippen molar-refractivity contribution in [2.75, 3.05) is 0 Å². The van der Waals surface area contributed by atoms with Crippen molar-refractivity contribution >= 4 is 46.3 Å². The number of benzene rings is 5. The minimum Gasteiger partial charge on any atom is -0.252 e. The first-order valence-corrected chi connectivity index (χ1v) is 16.4. The van der Waals surface area contributed by atoms with E-state index >= 15 is 0 Å². The van der Waals surface area contributed by atoms with Crippen LogP contribution in [0, 0.1) is 0 Å². The molecule has 0 aromatic heterocycles. The lowest BCUT2D eigenvalue weighted by Crippen LogP contribution is -2.21. The summed E-state index contributed by atoms with van der Waals surface area (Å²) < 4.78 is 5.95. The molecule has 0 aliphatic heterocycles. The monoisotopic (exact) mass is 507 g/mol. The first-order chi connectivity index (χ1) is 17.2. The Morgan fingerprint density at radius 3 is 1.11 bits per heavy atom. The van der Waals surface area contributed by atoms with Crippen LogP contribution in [0.15, 0.2) is 156 Å². The molecule has 0 aliphatic carbocycles. The molecule has 5 aromatic carbocycles. The Morgan fingerprint density at radius 1 is 0.429 bits per heavy atom. The van der Waals surface area contributed by atoms with Crippen molar-refractivity contribution in [3.8, 4) is 0 Å². The molecule has 172 valence electrons. The van der Waals surface area contributed by atoms with E-state index in [-0.39, 0.29) is 0 Å². The third-order valence-electron chi connectivity index (χ3n) is 6.11. The molecule has 1 nitrogen and oxygen atoms in total. The number of nitrogens with zero attached hydrogens (tertiary/aromatic N) is 1. The van der Waals surface area contributed by atoms with Gasteiger partial charge in [-0.05, 0) is 16.2 Å². The smallest absolute Gasteiger partial charge is 0.111 e. The Bertz CT molecular complexity index is 1380. The van der Waals surface area contributed by atoms with Gasteiger partial charge in [0.15, 0.2) is 0 Å².